The van der Waals surface area contributed by atoms with Crippen LogP contribution in [0.15, 0.2) is 48.6 Å². The molecule has 1 saturated carbocycles. The van der Waals surface area contributed by atoms with E-state index in [1.54, 1.807) is 12.2 Å². The van der Waals surface area contributed by atoms with Gasteiger partial charge in [0.2, 0.25) is 0 Å². The van der Waals surface area contributed by atoms with E-state index >= 15 is 0 Å². The number of esters is 2. The van der Waals surface area contributed by atoms with Crippen molar-refractivity contribution in [2.75, 3.05) is 13.2 Å². The van der Waals surface area contributed by atoms with E-state index in [2.05, 4.69) is 31.2 Å². The van der Waals surface area contributed by atoms with Gasteiger partial charge in [0.15, 0.2) is 6.10 Å². The highest BCUT2D eigenvalue weighted by atomic mass is 31.2. The predicted molar refractivity (Wildman–Crippen MR) is 251 cm³/mol. The summed E-state index contributed by atoms with van der Waals surface area (Å²) in [6.45, 7) is 2.80. The minimum Gasteiger partial charge on any atom is -0.462 e. The third-order valence-corrected chi connectivity index (χ3v) is 13.2. The molecular weight excluding hydrogens is 875 g/mol. The number of aliphatic hydroxyl groups is 8. The number of allylic oxidation sites excluding steroid dienone is 6. The zero-order valence-electron chi connectivity index (χ0n) is 39.6. The van der Waals surface area contributed by atoms with Crippen molar-refractivity contribution in [3.63, 3.8) is 0 Å². The van der Waals surface area contributed by atoms with Crippen LogP contribution in [0.1, 0.15) is 162 Å². The van der Waals surface area contributed by atoms with Crippen molar-refractivity contribution in [1.82, 2.24) is 0 Å². The highest BCUT2D eigenvalue weighted by molar-refractivity contribution is 7.47. The van der Waals surface area contributed by atoms with Crippen LogP contribution in [-0.4, -0.2) is 132 Å². The molecule has 2 rings (SSSR count). The first-order valence-corrected chi connectivity index (χ1v) is 26.2. The first-order valence-electron chi connectivity index (χ1n) is 24.7. The van der Waals surface area contributed by atoms with Crippen molar-refractivity contribution in [3.05, 3.63) is 48.6 Å². The lowest BCUT2D eigenvalue weighted by atomic mass is 9.83. The lowest BCUT2D eigenvalue weighted by Crippen LogP contribution is -2.55. The SMILES string of the molecule is CCCCC/C=C\C/C=C\CCCCCCCCCC(=O)OC[C@@H]1COP(=O)(O)O[C@H]2[C@H](O)[C@@H](O)[C@H](O)[C@@H](CC=CCCCC(=O)O1)[C@@H](O)C[C@@H](O)[C@H](/C=C/[C@@H](O)CCCCC)[C@@H](O)[C@H]2O. The Morgan fingerprint density at radius 2 is 1.41 bits per heavy atom. The molecule has 0 amide bonds. The molecule has 0 aromatic rings. The van der Waals surface area contributed by atoms with E-state index in [0.29, 0.717) is 25.7 Å². The topological polar surface area (TPSA) is 270 Å². The predicted octanol–water partition coefficient (Wildman–Crippen LogP) is 6.33. The molecule has 17 heteroatoms. The second-order valence-corrected chi connectivity index (χ2v) is 19.3. The zero-order chi connectivity index (χ0) is 48.7. The smallest absolute Gasteiger partial charge is 0.462 e. The van der Waals surface area contributed by atoms with Crippen LogP contribution in [0, 0.1) is 11.8 Å². The monoisotopic (exact) mass is 961 g/mol. The van der Waals surface area contributed by atoms with Gasteiger partial charge in [-0.05, 0) is 64.2 Å². The molecule has 382 valence electrons. The second-order valence-electron chi connectivity index (χ2n) is 17.9. The lowest BCUT2D eigenvalue weighted by Gasteiger charge is -2.37. The molecule has 13 atom stereocenters. The number of hydrogen-bond donors (Lipinski definition) is 9. The number of carbonyl (C=O) groups is 2. The maximum atomic E-state index is 13.5. The van der Waals surface area contributed by atoms with Crippen LogP contribution >= 0.6 is 7.82 Å². The summed E-state index contributed by atoms with van der Waals surface area (Å²) in [6, 6.07) is 0. The molecule has 9 N–H and O–H groups in total. The van der Waals surface area contributed by atoms with Gasteiger partial charge < -0.3 is 55.2 Å². The van der Waals surface area contributed by atoms with E-state index in [1.807, 2.05) is 6.92 Å². The summed E-state index contributed by atoms with van der Waals surface area (Å²) in [5.41, 5.74) is 0. The summed E-state index contributed by atoms with van der Waals surface area (Å²) < 4.78 is 34.7. The Bertz CT molecular complexity index is 1470. The van der Waals surface area contributed by atoms with Gasteiger partial charge in [0.25, 0.3) is 0 Å². The number of fused-ring (bicyclic) bond motifs is 4. The fourth-order valence-corrected chi connectivity index (χ4v) is 9.05. The Morgan fingerprint density at radius 1 is 0.788 bits per heavy atom. The molecular formula is C49H85O16P. The Kier molecular flexibility index (Phi) is 31.6. The standard InChI is InChI=1S/C49H85O16P/c1-3-5-7-8-9-10-11-12-13-14-15-16-17-18-19-20-25-29-42(53)62-34-37-35-63-66(60,61)65-49-47(58)45(56)39(32-31-36(50)27-23-6-4-2)41(52)33-40(51)38(44(55)46(57)48(49)59)28-24-21-22-26-30-43(54)64-37/h9-10,12-13,21,24,31-32,36-41,44-52,55-59H,3-8,11,14-20,22-23,25-30,33-35H2,1-2H3,(H,60,61)/b10-9-,13-12-,24-21?,32-31+/t36-,37+,38-,39-,40-,41+,44+,45+,46-,47+,48+,49+/m0/s1. The van der Waals surface area contributed by atoms with Crippen LogP contribution in [0.2, 0.25) is 0 Å². The Balaban J connectivity index is 2.10. The second kappa shape index (κ2) is 34.9. The van der Waals surface area contributed by atoms with Crippen molar-refractivity contribution in [1.29, 1.82) is 0 Å². The average Bonchev–Trinajstić information content (AvgIpc) is 3.28. The number of phosphoric ester groups is 1. The molecule has 66 heavy (non-hydrogen) atoms. The third-order valence-electron chi connectivity index (χ3n) is 12.2. The number of ether oxygens (including phenoxy) is 2. The zero-order valence-corrected chi connectivity index (χ0v) is 40.4. The summed E-state index contributed by atoms with van der Waals surface area (Å²) >= 11 is 0. The van der Waals surface area contributed by atoms with E-state index in [1.165, 1.54) is 31.4 Å². The molecule has 0 spiro atoms. The number of carbonyl (C=O) groups excluding carboxylic acids is 2. The number of unbranched alkanes of at least 4 members (excludes halogenated alkanes) is 12. The molecule has 1 fully saturated rings. The number of aliphatic hydroxyl groups excluding tert-OH is 8. The van der Waals surface area contributed by atoms with Crippen LogP contribution in [0.4, 0.5) is 0 Å². The van der Waals surface area contributed by atoms with Gasteiger partial charge in [0.1, 0.15) is 31.0 Å². The van der Waals surface area contributed by atoms with Crippen molar-refractivity contribution in [2.45, 2.75) is 223 Å². The van der Waals surface area contributed by atoms with Gasteiger partial charge in [-0.1, -0.05) is 127 Å². The highest BCUT2D eigenvalue weighted by Gasteiger charge is 2.49. The van der Waals surface area contributed by atoms with Gasteiger partial charge in [-0.2, -0.15) is 0 Å². The molecule has 2 bridgehead atoms. The molecule has 1 unspecified atom stereocenters. The van der Waals surface area contributed by atoms with E-state index in [4.69, 9.17) is 18.5 Å². The maximum Gasteiger partial charge on any atom is 0.472 e. The average molecular weight is 961 g/mol. The minimum atomic E-state index is -5.44. The van der Waals surface area contributed by atoms with Crippen molar-refractivity contribution >= 4 is 19.8 Å². The number of phosphoric acid groups is 1. The van der Waals surface area contributed by atoms with Crippen LogP contribution in [-0.2, 0) is 32.7 Å². The largest absolute Gasteiger partial charge is 0.472 e. The first kappa shape index (κ1) is 59.8. The van der Waals surface area contributed by atoms with Crippen molar-refractivity contribution in [3.8, 4) is 0 Å². The summed E-state index contributed by atoms with van der Waals surface area (Å²) in [5, 5.41) is 90.0. The summed E-state index contributed by atoms with van der Waals surface area (Å²) in [4.78, 5) is 36.4. The molecule has 0 aromatic heterocycles. The van der Waals surface area contributed by atoms with Gasteiger partial charge >= 0.3 is 19.8 Å². The quantitative estimate of drug-likeness (QED) is 0.0221. The number of hydrogen-bond acceptors (Lipinski definition) is 15. The minimum absolute atomic E-state index is 0.0991. The van der Waals surface area contributed by atoms with Gasteiger partial charge in [0.05, 0.1) is 37.1 Å². The van der Waals surface area contributed by atoms with Crippen LogP contribution in [0.25, 0.3) is 0 Å². The lowest BCUT2D eigenvalue weighted by molar-refractivity contribution is -0.167. The first-order chi connectivity index (χ1) is 31.6. The molecule has 0 aromatic carbocycles. The summed E-state index contributed by atoms with van der Waals surface area (Å²) in [5.74, 6) is -4.02. The van der Waals surface area contributed by atoms with Crippen LogP contribution in [0.3, 0.4) is 0 Å². The molecule has 1 aliphatic carbocycles. The Morgan fingerprint density at radius 3 is 2.09 bits per heavy atom. The van der Waals surface area contributed by atoms with Gasteiger partial charge in [-0.15, -0.1) is 0 Å². The van der Waals surface area contributed by atoms with Gasteiger partial charge in [0, 0.05) is 31.1 Å². The number of rotatable bonds is 24. The van der Waals surface area contributed by atoms with E-state index in [9.17, 15) is 59.9 Å². The molecule has 0 saturated heterocycles. The number of cyclic esters (lactones) is 1. The van der Waals surface area contributed by atoms with Crippen LogP contribution in [0.5, 0.6) is 0 Å². The Labute approximate surface area is 393 Å². The van der Waals surface area contributed by atoms with E-state index < -0.39 is 112 Å². The van der Waals surface area contributed by atoms with Crippen molar-refractivity contribution in [2.24, 2.45) is 11.8 Å². The Hall–Kier alpha value is -2.31. The molecule has 16 nitrogen and oxygen atoms in total. The van der Waals surface area contributed by atoms with Gasteiger partial charge in [-0.3, -0.25) is 18.6 Å². The molecule has 1 aliphatic heterocycles. The van der Waals surface area contributed by atoms with E-state index in [-0.39, 0.29) is 25.7 Å². The molecule has 1 heterocycles. The molecule has 0 radical (unpaired) electrons. The summed E-state index contributed by atoms with van der Waals surface area (Å²) in [7, 11) is -5.44. The third kappa shape index (κ3) is 24.8. The van der Waals surface area contributed by atoms with Crippen LogP contribution < -0.4 is 0 Å². The van der Waals surface area contributed by atoms with E-state index in [0.717, 1.165) is 70.6 Å². The fourth-order valence-electron chi connectivity index (χ4n) is 8.08. The maximum absolute atomic E-state index is 13.5. The van der Waals surface area contributed by atoms with Gasteiger partial charge in [-0.25, -0.2) is 4.57 Å². The normalized spacial score (nSPS) is 31.8. The highest BCUT2D eigenvalue weighted by Crippen LogP contribution is 2.47. The van der Waals surface area contributed by atoms with Crippen molar-refractivity contribution < 1.29 is 78.4 Å². The summed E-state index contributed by atoms with van der Waals surface area (Å²) in [6.07, 6.45) is 12.2. The fraction of sp³-hybridized carbons (Fsp3) is 0.796. The molecule has 2 aliphatic rings.